The average Bonchev–Trinajstić information content (AvgIpc) is 3.16. The van der Waals surface area contributed by atoms with Gasteiger partial charge in [0, 0.05) is 35.1 Å². The van der Waals surface area contributed by atoms with Crippen LogP contribution < -0.4 is 4.74 Å². The first kappa shape index (κ1) is 22.1. The minimum atomic E-state index is -4.38. The van der Waals surface area contributed by atoms with Gasteiger partial charge in [0.1, 0.15) is 10.8 Å². The second kappa shape index (κ2) is 9.06. The highest BCUT2D eigenvalue weighted by atomic mass is 35.5. The third kappa shape index (κ3) is 5.31. The Bertz CT molecular complexity index is 1040. The molecule has 30 heavy (non-hydrogen) atoms. The van der Waals surface area contributed by atoms with E-state index in [1.807, 2.05) is 0 Å². The van der Waals surface area contributed by atoms with Gasteiger partial charge in [-0.3, -0.25) is 4.79 Å². The topological polar surface area (TPSA) is 42.4 Å². The molecule has 1 aromatic heterocycles. The zero-order chi connectivity index (χ0) is 21.9. The number of benzene rings is 2. The number of likely N-dealkylation sites (N-methyl/N-ethyl adjacent to an activating group) is 1. The van der Waals surface area contributed by atoms with Crippen molar-refractivity contribution < 1.29 is 22.7 Å². The fourth-order valence-electron chi connectivity index (χ4n) is 2.83. The standard InChI is InChI=1S/C21H18ClF3N2O2S/c1-27(11-14-9-16(22)7-8-18(14)29-2)19(28)10-17-12-30-20(26-17)13-3-5-15(6-4-13)21(23,24)25/h3-9,12H,10-11H2,1-2H3. The molecule has 0 saturated carbocycles. The van der Waals surface area contributed by atoms with Crippen LogP contribution in [0.15, 0.2) is 47.8 Å². The minimum absolute atomic E-state index is 0.0799. The Labute approximate surface area is 180 Å². The van der Waals surface area contributed by atoms with E-state index < -0.39 is 11.7 Å². The van der Waals surface area contributed by atoms with E-state index in [1.54, 1.807) is 42.6 Å². The fourth-order valence-corrected chi connectivity index (χ4v) is 3.85. The molecular weight excluding hydrogens is 437 g/mol. The number of carbonyl (C=O) groups excluding carboxylic acids is 1. The van der Waals surface area contributed by atoms with E-state index in [9.17, 15) is 18.0 Å². The van der Waals surface area contributed by atoms with Gasteiger partial charge in [-0.1, -0.05) is 23.7 Å². The second-order valence-electron chi connectivity index (χ2n) is 6.60. The molecule has 0 saturated heterocycles. The normalized spacial score (nSPS) is 11.4. The highest BCUT2D eigenvalue weighted by molar-refractivity contribution is 7.13. The van der Waals surface area contributed by atoms with Crippen LogP contribution in [-0.4, -0.2) is 29.9 Å². The lowest BCUT2D eigenvalue weighted by atomic mass is 10.1. The Morgan fingerprint density at radius 1 is 1.20 bits per heavy atom. The molecule has 9 heteroatoms. The van der Waals surface area contributed by atoms with Crippen LogP contribution in [-0.2, 0) is 23.9 Å². The van der Waals surface area contributed by atoms with E-state index in [4.69, 9.17) is 16.3 Å². The fraction of sp³-hybridized carbons (Fsp3) is 0.238. The molecule has 1 amide bonds. The molecule has 0 atom stereocenters. The Morgan fingerprint density at radius 2 is 1.90 bits per heavy atom. The van der Waals surface area contributed by atoms with Crippen LogP contribution in [0.2, 0.25) is 5.02 Å². The van der Waals surface area contributed by atoms with Gasteiger partial charge in [-0.05, 0) is 30.3 Å². The number of nitrogens with zero attached hydrogens (tertiary/aromatic N) is 2. The van der Waals surface area contributed by atoms with E-state index in [0.717, 1.165) is 17.7 Å². The van der Waals surface area contributed by atoms with Crippen molar-refractivity contribution in [1.82, 2.24) is 9.88 Å². The third-order valence-electron chi connectivity index (χ3n) is 4.42. The van der Waals surface area contributed by atoms with Gasteiger partial charge in [-0.15, -0.1) is 11.3 Å². The summed E-state index contributed by atoms with van der Waals surface area (Å²) >= 11 is 7.31. The van der Waals surface area contributed by atoms with Gasteiger partial charge in [-0.25, -0.2) is 4.98 Å². The maximum atomic E-state index is 12.7. The van der Waals surface area contributed by atoms with Crippen LogP contribution in [0.4, 0.5) is 13.2 Å². The molecule has 0 fully saturated rings. The van der Waals surface area contributed by atoms with E-state index >= 15 is 0 Å². The number of hydrogen-bond donors (Lipinski definition) is 0. The first-order valence-corrected chi connectivity index (χ1v) is 10.1. The summed E-state index contributed by atoms with van der Waals surface area (Å²) in [6.07, 6.45) is -4.30. The number of halogens is 4. The Morgan fingerprint density at radius 3 is 2.53 bits per heavy atom. The maximum absolute atomic E-state index is 12.7. The smallest absolute Gasteiger partial charge is 0.416 e. The predicted octanol–water partition coefficient (Wildman–Crippen LogP) is 5.69. The van der Waals surface area contributed by atoms with Crippen LogP contribution in [0.25, 0.3) is 10.6 Å². The predicted molar refractivity (Wildman–Crippen MR) is 111 cm³/mol. The number of amides is 1. The van der Waals surface area contributed by atoms with Gasteiger partial charge >= 0.3 is 6.18 Å². The number of carbonyl (C=O) groups is 1. The molecule has 0 unspecified atom stereocenters. The van der Waals surface area contributed by atoms with Crippen molar-refractivity contribution in [2.45, 2.75) is 19.1 Å². The molecule has 158 valence electrons. The molecular formula is C21H18ClF3N2O2S. The van der Waals surface area contributed by atoms with E-state index in [2.05, 4.69) is 4.98 Å². The molecule has 0 aliphatic rings. The number of rotatable bonds is 6. The van der Waals surface area contributed by atoms with Crippen molar-refractivity contribution in [2.24, 2.45) is 0 Å². The van der Waals surface area contributed by atoms with E-state index in [-0.39, 0.29) is 12.3 Å². The zero-order valence-corrected chi connectivity index (χ0v) is 17.7. The summed E-state index contributed by atoms with van der Waals surface area (Å²) in [6.45, 7) is 0.318. The lowest BCUT2D eigenvalue weighted by Gasteiger charge is -2.18. The van der Waals surface area contributed by atoms with Crippen LogP contribution >= 0.6 is 22.9 Å². The van der Waals surface area contributed by atoms with Crippen LogP contribution in [0.3, 0.4) is 0 Å². The molecule has 0 aliphatic heterocycles. The van der Waals surface area contributed by atoms with Crippen molar-refractivity contribution in [3.05, 3.63) is 69.7 Å². The van der Waals surface area contributed by atoms with Crippen LogP contribution in [0.5, 0.6) is 5.75 Å². The van der Waals surface area contributed by atoms with Gasteiger partial charge in [0.25, 0.3) is 0 Å². The van der Waals surface area contributed by atoms with Gasteiger partial charge in [0.15, 0.2) is 0 Å². The summed E-state index contributed by atoms with van der Waals surface area (Å²) in [7, 11) is 3.22. The minimum Gasteiger partial charge on any atom is -0.496 e. The summed E-state index contributed by atoms with van der Waals surface area (Å²) in [6, 6.07) is 10.0. The largest absolute Gasteiger partial charge is 0.496 e. The monoisotopic (exact) mass is 454 g/mol. The van der Waals surface area contributed by atoms with Crippen molar-refractivity contribution in [3.63, 3.8) is 0 Å². The molecule has 4 nitrogen and oxygen atoms in total. The maximum Gasteiger partial charge on any atom is 0.416 e. The van der Waals surface area contributed by atoms with E-state index in [1.165, 1.54) is 23.5 Å². The molecule has 0 spiro atoms. The first-order chi connectivity index (χ1) is 14.2. The van der Waals surface area contributed by atoms with Crippen LogP contribution in [0, 0.1) is 0 Å². The second-order valence-corrected chi connectivity index (χ2v) is 7.90. The van der Waals surface area contributed by atoms with Crippen molar-refractivity contribution >= 4 is 28.8 Å². The van der Waals surface area contributed by atoms with Crippen molar-refractivity contribution in [2.75, 3.05) is 14.2 Å². The number of alkyl halides is 3. The van der Waals surface area contributed by atoms with Gasteiger partial charge in [0.05, 0.1) is 24.8 Å². The Balaban J connectivity index is 1.67. The molecule has 1 heterocycles. The molecule has 2 aromatic carbocycles. The quantitative estimate of drug-likeness (QED) is 0.480. The SMILES string of the molecule is COc1ccc(Cl)cc1CN(C)C(=O)Cc1csc(-c2ccc(C(F)(F)F)cc2)n1. The Kier molecular flexibility index (Phi) is 6.67. The summed E-state index contributed by atoms with van der Waals surface area (Å²) in [5.74, 6) is 0.485. The number of thiazole rings is 1. The molecule has 0 aliphatic carbocycles. The van der Waals surface area contributed by atoms with E-state index in [0.29, 0.717) is 33.6 Å². The first-order valence-electron chi connectivity index (χ1n) is 8.86. The number of hydrogen-bond acceptors (Lipinski definition) is 4. The molecule has 3 aromatic rings. The Hall–Kier alpha value is -2.58. The summed E-state index contributed by atoms with van der Waals surface area (Å²) in [5, 5.41) is 2.84. The molecule has 0 radical (unpaired) electrons. The highest BCUT2D eigenvalue weighted by Crippen LogP contribution is 2.32. The summed E-state index contributed by atoms with van der Waals surface area (Å²) in [5.41, 5.74) is 1.20. The van der Waals surface area contributed by atoms with Gasteiger partial charge < -0.3 is 9.64 Å². The number of ether oxygens (including phenoxy) is 1. The van der Waals surface area contributed by atoms with Crippen molar-refractivity contribution in [3.8, 4) is 16.3 Å². The number of aromatic nitrogens is 1. The summed E-state index contributed by atoms with van der Waals surface area (Å²) in [4.78, 5) is 18.5. The molecule has 3 rings (SSSR count). The molecule has 0 bridgehead atoms. The lowest BCUT2D eigenvalue weighted by Crippen LogP contribution is -2.28. The average molecular weight is 455 g/mol. The van der Waals surface area contributed by atoms with Crippen LogP contribution in [0.1, 0.15) is 16.8 Å². The van der Waals surface area contributed by atoms with Crippen molar-refractivity contribution in [1.29, 1.82) is 0 Å². The number of methoxy groups -OCH3 is 1. The molecule has 0 N–H and O–H groups in total. The lowest BCUT2D eigenvalue weighted by molar-refractivity contribution is -0.137. The third-order valence-corrected chi connectivity index (χ3v) is 5.59. The summed E-state index contributed by atoms with van der Waals surface area (Å²) < 4.78 is 43.4. The zero-order valence-electron chi connectivity index (χ0n) is 16.2. The van der Waals surface area contributed by atoms with Gasteiger partial charge in [0.2, 0.25) is 5.91 Å². The highest BCUT2D eigenvalue weighted by Gasteiger charge is 2.30. The van der Waals surface area contributed by atoms with Gasteiger partial charge in [-0.2, -0.15) is 13.2 Å².